The molecule has 2 aromatic carbocycles. The number of nitrogens with zero attached hydrogens (tertiary/aromatic N) is 5. The molecule has 0 atom stereocenters. The molecule has 0 unspecified atom stereocenters. The molecular weight excluding hydrogens is 396 g/mol. The molecule has 3 aromatic heterocycles. The van der Waals surface area contributed by atoms with E-state index in [0.717, 1.165) is 75.4 Å². The smallest absolute Gasteiger partial charge is 0.186 e. The van der Waals surface area contributed by atoms with Crippen LogP contribution in [0.25, 0.3) is 26.8 Å². The van der Waals surface area contributed by atoms with Gasteiger partial charge in [0.25, 0.3) is 0 Å². The van der Waals surface area contributed by atoms with Crippen molar-refractivity contribution in [1.82, 2.24) is 19.6 Å². The molecule has 30 heavy (non-hydrogen) atoms. The maximum atomic E-state index is 5.46. The SMILES string of the molecule is Cc1cc2nc(Nc3ccc4nc(N5CCOCC5)sc4c3)c3ccccc3n2n1. The zero-order valence-corrected chi connectivity index (χ0v) is 17.3. The summed E-state index contributed by atoms with van der Waals surface area (Å²) in [5, 5.41) is 10.2. The van der Waals surface area contributed by atoms with Gasteiger partial charge in [-0.25, -0.2) is 14.5 Å². The largest absolute Gasteiger partial charge is 0.378 e. The normalized spacial score (nSPS) is 14.8. The standard InChI is InChI=1S/C22H20N6OS/c1-14-12-20-25-21(16-4-2-3-5-18(16)28(20)26-14)23-15-6-7-17-19(13-15)30-22(24-17)27-8-10-29-11-9-27/h2-7,12-13H,8-11H2,1H3,(H,23,25). The lowest BCUT2D eigenvalue weighted by Gasteiger charge is -2.25. The molecule has 0 saturated carbocycles. The molecule has 1 saturated heterocycles. The topological polar surface area (TPSA) is 67.6 Å². The minimum Gasteiger partial charge on any atom is -0.378 e. The van der Waals surface area contributed by atoms with Crippen LogP contribution in [-0.2, 0) is 4.74 Å². The maximum Gasteiger partial charge on any atom is 0.186 e. The second-order valence-electron chi connectivity index (χ2n) is 7.44. The number of thiazole rings is 1. The Morgan fingerprint density at radius 3 is 2.80 bits per heavy atom. The first kappa shape index (κ1) is 17.6. The van der Waals surface area contributed by atoms with Gasteiger partial charge in [-0.1, -0.05) is 23.5 Å². The Balaban J connectivity index is 1.40. The Labute approximate surface area is 176 Å². The molecule has 1 aliphatic heterocycles. The first-order valence-corrected chi connectivity index (χ1v) is 10.8. The number of para-hydroxylation sites is 1. The molecular formula is C22H20N6OS. The molecule has 6 rings (SSSR count). The van der Waals surface area contributed by atoms with Gasteiger partial charge >= 0.3 is 0 Å². The summed E-state index contributed by atoms with van der Waals surface area (Å²) in [5.41, 5.74) is 4.84. The Kier molecular flexibility index (Phi) is 4.07. The molecule has 0 spiro atoms. The van der Waals surface area contributed by atoms with E-state index in [1.807, 2.05) is 29.6 Å². The van der Waals surface area contributed by atoms with Crippen molar-refractivity contribution in [1.29, 1.82) is 0 Å². The second-order valence-corrected chi connectivity index (χ2v) is 8.45. The van der Waals surface area contributed by atoms with Crippen LogP contribution < -0.4 is 10.2 Å². The zero-order valence-electron chi connectivity index (χ0n) is 16.5. The van der Waals surface area contributed by atoms with E-state index < -0.39 is 0 Å². The Morgan fingerprint density at radius 1 is 1.03 bits per heavy atom. The summed E-state index contributed by atoms with van der Waals surface area (Å²) in [6.45, 7) is 5.30. The highest BCUT2D eigenvalue weighted by atomic mass is 32.1. The van der Waals surface area contributed by atoms with Crippen molar-refractivity contribution in [3.8, 4) is 0 Å². The Hall–Kier alpha value is -3.23. The molecule has 1 aliphatic rings. The monoisotopic (exact) mass is 416 g/mol. The minimum atomic E-state index is 0.762. The number of fused-ring (bicyclic) bond motifs is 4. The lowest BCUT2D eigenvalue weighted by atomic mass is 10.2. The van der Waals surface area contributed by atoms with Crippen LogP contribution in [0.5, 0.6) is 0 Å². The number of hydrogen-bond acceptors (Lipinski definition) is 7. The number of ether oxygens (including phenoxy) is 1. The number of aromatic nitrogens is 4. The van der Waals surface area contributed by atoms with Crippen LogP contribution in [0.3, 0.4) is 0 Å². The van der Waals surface area contributed by atoms with Crippen LogP contribution >= 0.6 is 11.3 Å². The third kappa shape index (κ3) is 2.96. The highest BCUT2D eigenvalue weighted by Gasteiger charge is 2.16. The summed E-state index contributed by atoms with van der Waals surface area (Å²) < 4.78 is 8.52. The molecule has 7 nitrogen and oxygen atoms in total. The zero-order chi connectivity index (χ0) is 20.1. The molecule has 1 fully saturated rings. The van der Waals surface area contributed by atoms with Gasteiger partial charge in [-0.2, -0.15) is 5.10 Å². The fourth-order valence-electron chi connectivity index (χ4n) is 3.89. The molecule has 5 aromatic rings. The van der Waals surface area contributed by atoms with Crippen molar-refractivity contribution in [2.24, 2.45) is 0 Å². The highest BCUT2D eigenvalue weighted by molar-refractivity contribution is 7.22. The summed E-state index contributed by atoms with van der Waals surface area (Å²) in [4.78, 5) is 11.9. The van der Waals surface area contributed by atoms with Crippen LogP contribution in [0.15, 0.2) is 48.5 Å². The molecule has 0 aliphatic carbocycles. The van der Waals surface area contributed by atoms with Gasteiger partial charge in [0, 0.05) is 30.2 Å². The van der Waals surface area contributed by atoms with Gasteiger partial charge in [0.2, 0.25) is 0 Å². The second kappa shape index (κ2) is 6.93. The predicted octanol–water partition coefficient (Wildman–Crippen LogP) is 4.38. The molecule has 4 heterocycles. The fourth-order valence-corrected chi connectivity index (χ4v) is 4.94. The summed E-state index contributed by atoms with van der Waals surface area (Å²) in [6, 6.07) is 16.5. The van der Waals surface area contributed by atoms with Crippen molar-refractivity contribution >= 4 is 54.7 Å². The van der Waals surface area contributed by atoms with Crippen molar-refractivity contribution in [2.45, 2.75) is 6.92 Å². The summed E-state index contributed by atoms with van der Waals surface area (Å²) in [5.74, 6) is 0.829. The van der Waals surface area contributed by atoms with Crippen LogP contribution in [-0.4, -0.2) is 45.9 Å². The van der Waals surface area contributed by atoms with E-state index in [1.165, 1.54) is 0 Å². The van der Waals surface area contributed by atoms with E-state index in [2.05, 4.69) is 45.6 Å². The lowest BCUT2D eigenvalue weighted by molar-refractivity contribution is 0.122. The Bertz CT molecular complexity index is 1380. The fraction of sp³-hybridized carbons (Fsp3) is 0.227. The van der Waals surface area contributed by atoms with E-state index in [-0.39, 0.29) is 0 Å². The number of anilines is 3. The van der Waals surface area contributed by atoms with Crippen molar-refractivity contribution < 1.29 is 4.74 Å². The van der Waals surface area contributed by atoms with Gasteiger partial charge in [-0.3, -0.25) is 0 Å². The number of hydrogen-bond donors (Lipinski definition) is 1. The summed E-state index contributed by atoms with van der Waals surface area (Å²) >= 11 is 1.72. The van der Waals surface area contributed by atoms with Gasteiger partial charge in [-0.15, -0.1) is 0 Å². The van der Waals surface area contributed by atoms with E-state index >= 15 is 0 Å². The van der Waals surface area contributed by atoms with Gasteiger partial charge in [0.15, 0.2) is 10.8 Å². The molecule has 8 heteroatoms. The first-order chi connectivity index (χ1) is 14.7. The van der Waals surface area contributed by atoms with E-state index in [1.54, 1.807) is 11.3 Å². The molecule has 0 amide bonds. The summed E-state index contributed by atoms with van der Waals surface area (Å²) in [7, 11) is 0. The van der Waals surface area contributed by atoms with Gasteiger partial charge < -0.3 is 15.0 Å². The number of aryl methyl sites for hydroxylation is 1. The van der Waals surface area contributed by atoms with Crippen molar-refractivity contribution in [3.63, 3.8) is 0 Å². The van der Waals surface area contributed by atoms with Gasteiger partial charge in [0.05, 0.1) is 34.6 Å². The molecule has 0 bridgehead atoms. The first-order valence-electron chi connectivity index (χ1n) is 10.00. The third-order valence-corrected chi connectivity index (χ3v) is 6.43. The average Bonchev–Trinajstić information content (AvgIpc) is 3.37. The number of benzene rings is 2. The molecule has 150 valence electrons. The third-order valence-electron chi connectivity index (χ3n) is 5.35. The average molecular weight is 417 g/mol. The van der Waals surface area contributed by atoms with Crippen LogP contribution in [0.4, 0.5) is 16.6 Å². The highest BCUT2D eigenvalue weighted by Crippen LogP contribution is 2.33. The number of nitrogens with one attached hydrogen (secondary N) is 1. The van der Waals surface area contributed by atoms with Gasteiger partial charge in [0.1, 0.15) is 5.82 Å². The minimum absolute atomic E-state index is 0.762. The van der Waals surface area contributed by atoms with E-state index in [4.69, 9.17) is 14.7 Å². The van der Waals surface area contributed by atoms with Crippen LogP contribution in [0, 0.1) is 6.92 Å². The number of rotatable bonds is 3. The lowest BCUT2D eigenvalue weighted by Crippen LogP contribution is -2.36. The van der Waals surface area contributed by atoms with Crippen LogP contribution in [0.1, 0.15) is 5.69 Å². The Morgan fingerprint density at radius 2 is 1.90 bits per heavy atom. The van der Waals surface area contributed by atoms with Crippen LogP contribution in [0.2, 0.25) is 0 Å². The quantitative estimate of drug-likeness (QED) is 0.471. The van der Waals surface area contributed by atoms with Crippen molar-refractivity contribution in [2.75, 3.05) is 36.5 Å². The van der Waals surface area contributed by atoms with E-state index in [0.29, 0.717) is 0 Å². The van der Waals surface area contributed by atoms with E-state index in [9.17, 15) is 0 Å². The summed E-state index contributed by atoms with van der Waals surface area (Å²) in [6.07, 6.45) is 0. The molecule has 1 N–H and O–H groups in total. The van der Waals surface area contributed by atoms with Crippen molar-refractivity contribution in [3.05, 3.63) is 54.2 Å². The molecule has 0 radical (unpaired) electrons. The van der Waals surface area contributed by atoms with Gasteiger partial charge in [-0.05, 0) is 37.3 Å². The maximum absolute atomic E-state index is 5.46. The number of morpholine rings is 1. The predicted molar refractivity (Wildman–Crippen MR) is 121 cm³/mol.